The van der Waals surface area contributed by atoms with Gasteiger partial charge in [-0.3, -0.25) is 4.57 Å². The fourth-order valence-electron chi connectivity index (χ4n) is 1.54. The van der Waals surface area contributed by atoms with E-state index in [2.05, 4.69) is 10.2 Å². The lowest BCUT2D eigenvalue weighted by molar-refractivity contribution is 0.461. The van der Waals surface area contributed by atoms with E-state index in [-0.39, 0.29) is 5.41 Å². The highest BCUT2D eigenvalue weighted by atomic mass is 32.3. The number of nitrogens with zero attached hydrogens (tertiary/aromatic N) is 3. The molecule has 0 N–H and O–H groups in total. The minimum absolute atomic E-state index is 0.371. The molecule has 0 amide bonds. The van der Waals surface area contributed by atoms with Gasteiger partial charge in [-0.2, -0.15) is 8.42 Å². The van der Waals surface area contributed by atoms with Gasteiger partial charge in [0.15, 0.2) is 0 Å². The monoisotopic (exact) mass is 263 g/mol. The maximum Gasteiger partial charge on any atom is 0.368 e. The van der Waals surface area contributed by atoms with Crippen molar-refractivity contribution in [2.24, 2.45) is 0 Å². The van der Waals surface area contributed by atoms with Gasteiger partial charge in [0.2, 0.25) is 0 Å². The van der Waals surface area contributed by atoms with Crippen LogP contribution >= 0.6 is 0 Å². The molecule has 5 nitrogen and oxygen atoms in total. The molecule has 0 aliphatic rings. The molecule has 0 radical (unpaired) electrons. The third-order valence-corrected chi connectivity index (χ3v) is 3.08. The van der Waals surface area contributed by atoms with Crippen molar-refractivity contribution in [2.45, 2.75) is 57.7 Å². The van der Waals surface area contributed by atoms with Crippen LogP contribution in [-0.2, 0) is 22.2 Å². The highest BCUT2D eigenvalue weighted by Gasteiger charge is 2.29. The summed E-state index contributed by atoms with van der Waals surface area (Å²) in [6, 6.07) is 0. The first-order valence-corrected chi connectivity index (χ1v) is 6.94. The van der Waals surface area contributed by atoms with Crippen molar-refractivity contribution in [3.8, 4) is 0 Å². The summed E-state index contributed by atoms with van der Waals surface area (Å²) in [7, 11) is -4.81. The van der Waals surface area contributed by atoms with Gasteiger partial charge in [0.1, 0.15) is 5.82 Å². The van der Waals surface area contributed by atoms with Crippen LogP contribution in [0, 0.1) is 0 Å². The average molecular weight is 263 g/mol. The van der Waals surface area contributed by atoms with Crippen LogP contribution < -0.4 is 0 Å². The fraction of sp³-hybridized carbons (Fsp3) is 0.800. The topological polar surface area (TPSA) is 64.8 Å². The molecule has 0 aromatic carbocycles. The second kappa shape index (κ2) is 4.72. The highest BCUT2D eigenvalue weighted by Crippen LogP contribution is 2.23. The van der Waals surface area contributed by atoms with E-state index in [1.54, 1.807) is 0 Å². The number of hydrogen-bond donors (Lipinski definition) is 0. The molecule has 0 saturated carbocycles. The molecule has 0 aliphatic heterocycles. The lowest BCUT2D eigenvalue weighted by Crippen LogP contribution is -2.20. The van der Waals surface area contributed by atoms with Crippen molar-refractivity contribution in [3.63, 3.8) is 0 Å². The Morgan fingerprint density at radius 2 is 1.88 bits per heavy atom. The Bertz CT molecular complexity index is 488. The summed E-state index contributed by atoms with van der Waals surface area (Å²) in [4.78, 5) is 0. The van der Waals surface area contributed by atoms with Gasteiger partial charge in [0, 0.05) is 12.0 Å². The molecular weight excluding hydrogens is 245 g/mol. The molecule has 0 unspecified atom stereocenters. The second-order valence-electron chi connectivity index (χ2n) is 5.00. The largest absolute Gasteiger partial charge is 0.368 e. The Balaban J connectivity index is 3.30. The number of rotatable bonds is 4. The van der Waals surface area contributed by atoms with Crippen molar-refractivity contribution in [1.82, 2.24) is 14.8 Å². The standard InChI is InChI=1S/C10H18FN3O2S/c1-5-6-7-14-8(10(2,3)4)12-13-9(14)17(11,15)16/h5-7H2,1-4H3. The zero-order valence-corrected chi connectivity index (χ0v) is 11.4. The third kappa shape index (κ3) is 3.24. The van der Waals surface area contributed by atoms with Crippen molar-refractivity contribution < 1.29 is 12.3 Å². The molecule has 0 fully saturated rings. The predicted octanol–water partition coefficient (Wildman–Crippen LogP) is 2.03. The van der Waals surface area contributed by atoms with Gasteiger partial charge >= 0.3 is 10.2 Å². The zero-order valence-electron chi connectivity index (χ0n) is 10.6. The summed E-state index contributed by atoms with van der Waals surface area (Å²) in [5.41, 5.74) is -0.371. The maximum atomic E-state index is 13.1. The molecule has 0 spiro atoms. The van der Waals surface area contributed by atoms with E-state index in [0.717, 1.165) is 12.8 Å². The minimum Gasteiger partial charge on any atom is -0.299 e. The lowest BCUT2D eigenvalue weighted by atomic mass is 9.95. The van der Waals surface area contributed by atoms with E-state index < -0.39 is 15.4 Å². The summed E-state index contributed by atoms with van der Waals surface area (Å²) in [6.07, 6.45) is 1.64. The molecule has 98 valence electrons. The summed E-state index contributed by atoms with van der Waals surface area (Å²) >= 11 is 0. The van der Waals surface area contributed by atoms with Crippen LogP contribution in [0.4, 0.5) is 3.89 Å². The Morgan fingerprint density at radius 3 is 2.29 bits per heavy atom. The van der Waals surface area contributed by atoms with Gasteiger partial charge in [0.25, 0.3) is 5.16 Å². The predicted molar refractivity (Wildman–Crippen MR) is 61.9 cm³/mol. The summed E-state index contributed by atoms with van der Waals surface area (Å²) in [5.74, 6) is 0.488. The van der Waals surface area contributed by atoms with E-state index in [9.17, 15) is 12.3 Å². The lowest BCUT2D eigenvalue weighted by Gasteiger charge is -2.18. The Morgan fingerprint density at radius 1 is 1.29 bits per heavy atom. The van der Waals surface area contributed by atoms with Crippen molar-refractivity contribution in [1.29, 1.82) is 0 Å². The van der Waals surface area contributed by atoms with Crippen LogP contribution in [-0.4, -0.2) is 23.2 Å². The van der Waals surface area contributed by atoms with Gasteiger partial charge in [-0.25, -0.2) is 0 Å². The van der Waals surface area contributed by atoms with E-state index >= 15 is 0 Å². The number of unbranched alkanes of at least 4 members (excludes halogenated alkanes) is 1. The molecule has 0 saturated heterocycles. The van der Waals surface area contributed by atoms with Crippen LogP contribution in [0.2, 0.25) is 0 Å². The molecular formula is C10H18FN3O2S. The molecule has 1 aromatic heterocycles. The normalized spacial score (nSPS) is 13.0. The number of halogens is 1. The van der Waals surface area contributed by atoms with Crippen molar-refractivity contribution in [2.75, 3.05) is 0 Å². The maximum absolute atomic E-state index is 13.1. The van der Waals surface area contributed by atoms with Gasteiger partial charge in [-0.05, 0) is 6.42 Å². The van der Waals surface area contributed by atoms with Gasteiger partial charge in [-0.15, -0.1) is 10.2 Å². The fourth-order valence-corrected chi connectivity index (χ4v) is 2.12. The first kappa shape index (κ1) is 14.1. The molecule has 0 aliphatic carbocycles. The van der Waals surface area contributed by atoms with Crippen molar-refractivity contribution >= 4 is 10.2 Å². The van der Waals surface area contributed by atoms with Crippen LogP contribution in [0.5, 0.6) is 0 Å². The molecule has 0 bridgehead atoms. The van der Waals surface area contributed by atoms with Crippen LogP contribution in [0.1, 0.15) is 46.4 Å². The molecule has 1 rings (SSSR count). The van der Waals surface area contributed by atoms with Gasteiger partial charge < -0.3 is 0 Å². The average Bonchev–Trinajstić information content (AvgIpc) is 2.56. The zero-order chi connectivity index (χ0) is 13.3. The minimum atomic E-state index is -4.81. The second-order valence-corrected chi connectivity index (χ2v) is 6.24. The Labute approximate surface area is 101 Å². The molecule has 7 heteroatoms. The summed E-state index contributed by atoms with van der Waals surface area (Å²) in [5, 5.41) is 6.67. The van der Waals surface area contributed by atoms with Crippen LogP contribution in [0.25, 0.3) is 0 Å². The Kier molecular flexibility index (Phi) is 3.91. The molecule has 1 aromatic rings. The smallest absolute Gasteiger partial charge is 0.299 e. The molecule has 0 atom stereocenters. The van der Waals surface area contributed by atoms with E-state index in [1.165, 1.54) is 4.57 Å². The first-order valence-electron chi connectivity index (χ1n) is 5.56. The number of hydrogen-bond acceptors (Lipinski definition) is 4. The van der Waals surface area contributed by atoms with E-state index in [1.807, 2.05) is 27.7 Å². The highest BCUT2D eigenvalue weighted by molar-refractivity contribution is 7.86. The van der Waals surface area contributed by atoms with E-state index in [0.29, 0.717) is 12.4 Å². The Hall–Kier alpha value is -0.980. The van der Waals surface area contributed by atoms with Gasteiger partial charge in [-0.1, -0.05) is 38.0 Å². The summed E-state index contributed by atoms with van der Waals surface area (Å²) < 4.78 is 36.4. The van der Waals surface area contributed by atoms with Crippen LogP contribution in [0.3, 0.4) is 0 Å². The molecule has 17 heavy (non-hydrogen) atoms. The third-order valence-electron chi connectivity index (χ3n) is 2.34. The quantitative estimate of drug-likeness (QED) is 0.780. The molecule has 1 heterocycles. The first-order chi connectivity index (χ1) is 7.68. The number of aromatic nitrogens is 3. The van der Waals surface area contributed by atoms with E-state index in [4.69, 9.17) is 0 Å². The van der Waals surface area contributed by atoms with Crippen LogP contribution in [0.15, 0.2) is 5.16 Å². The SMILES string of the molecule is CCCCn1c(C(C)(C)C)nnc1S(=O)(=O)F. The van der Waals surface area contributed by atoms with Crippen molar-refractivity contribution in [3.05, 3.63) is 5.82 Å². The van der Waals surface area contributed by atoms with Gasteiger partial charge in [0.05, 0.1) is 0 Å². The summed E-state index contributed by atoms with van der Waals surface area (Å²) in [6.45, 7) is 8.04.